The summed E-state index contributed by atoms with van der Waals surface area (Å²) in [7, 11) is 7.31. The van der Waals surface area contributed by atoms with E-state index in [0.29, 0.717) is 28.8 Å². The number of anilines is 4. The van der Waals surface area contributed by atoms with E-state index in [0.717, 1.165) is 61.6 Å². The van der Waals surface area contributed by atoms with Crippen LogP contribution in [0.4, 0.5) is 27.8 Å². The van der Waals surface area contributed by atoms with Crippen LogP contribution in [0.15, 0.2) is 66.7 Å². The fraction of sp³-hybridized carbons (Fsp3) is 0.343. The third-order valence-corrected chi connectivity index (χ3v) is 8.15. The minimum Gasteiger partial charge on any atom is -0.497 e. The summed E-state index contributed by atoms with van der Waals surface area (Å²) in [4.78, 5) is 29.5. The van der Waals surface area contributed by atoms with E-state index in [-0.39, 0.29) is 5.88 Å². The number of ether oxygens (including phenoxy) is 3. The Kier molecular flexibility index (Phi) is 10.6. The van der Waals surface area contributed by atoms with E-state index in [2.05, 4.69) is 69.5 Å². The van der Waals surface area contributed by atoms with Crippen LogP contribution in [0.25, 0.3) is 11.3 Å². The zero-order valence-corrected chi connectivity index (χ0v) is 27.5. The van der Waals surface area contributed by atoms with E-state index in [1.165, 1.54) is 12.8 Å². The molecule has 2 N–H and O–H groups in total. The van der Waals surface area contributed by atoms with Gasteiger partial charge in [-0.15, -0.1) is 0 Å². The summed E-state index contributed by atoms with van der Waals surface area (Å²) < 4.78 is 16.3. The van der Waals surface area contributed by atoms with Gasteiger partial charge in [0.15, 0.2) is 0 Å². The van der Waals surface area contributed by atoms with Crippen molar-refractivity contribution in [2.45, 2.75) is 13.8 Å². The number of likely N-dealkylation sites (N-methyl/N-ethyl adjacent to an activating group) is 1. The number of methoxy groups -OCH3 is 2. The van der Waals surface area contributed by atoms with Gasteiger partial charge in [0.25, 0.3) is 0 Å². The molecule has 0 atom stereocenters. The van der Waals surface area contributed by atoms with E-state index in [9.17, 15) is 4.79 Å². The van der Waals surface area contributed by atoms with Gasteiger partial charge < -0.3 is 29.3 Å². The topological polar surface area (TPSA) is 104 Å². The van der Waals surface area contributed by atoms with Gasteiger partial charge in [-0.1, -0.05) is 18.2 Å². The van der Waals surface area contributed by atoms with Crippen LogP contribution in [-0.2, 0) is 0 Å². The van der Waals surface area contributed by atoms with E-state index in [1.54, 1.807) is 31.4 Å². The van der Waals surface area contributed by atoms with Crippen LogP contribution in [0, 0.1) is 13.8 Å². The maximum Gasteiger partial charge on any atom is 0.418 e. The Labute approximate surface area is 271 Å². The van der Waals surface area contributed by atoms with Crippen molar-refractivity contribution in [3.8, 4) is 28.6 Å². The van der Waals surface area contributed by atoms with Gasteiger partial charge in [0, 0.05) is 68.3 Å². The van der Waals surface area contributed by atoms with Gasteiger partial charge >= 0.3 is 6.09 Å². The molecule has 1 amide bonds. The zero-order chi connectivity index (χ0) is 32.6. The lowest BCUT2D eigenvalue weighted by molar-refractivity contribution is 0.213. The summed E-state index contributed by atoms with van der Waals surface area (Å²) in [6.07, 6.45) is -0.716. The highest BCUT2D eigenvalue weighted by Gasteiger charge is 2.18. The molecule has 2 heterocycles. The summed E-state index contributed by atoms with van der Waals surface area (Å²) in [5.74, 6) is 1.45. The maximum atomic E-state index is 13.0. The molecule has 5 rings (SSSR count). The number of aromatic nitrogens is 2. The van der Waals surface area contributed by atoms with Crippen molar-refractivity contribution >= 4 is 29.1 Å². The summed E-state index contributed by atoms with van der Waals surface area (Å²) >= 11 is 0. The molecule has 1 aromatic heterocycles. The van der Waals surface area contributed by atoms with Crippen molar-refractivity contribution in [1.29, 1.82) is 0 Å². The predicted molar refractivity (Wildman–Crippen MR) is 183 cm³/mol. The van der Waals surface area contributed by atoms with Gasteiger partial charge in [0.1, 0.15) is 11.5 Å². The molecule has 0 saturated carbocycles. The molecule has 242 valence electrons. The first kappa shape index (κ1) is 32.5. The highest BCUT2D eigenvalue weighted by Crippen LogP contribution is 2.31. The molecule has 0 unspecified atom stereocenters. The largest absolute Gasteiger partial charge is 0.497 e. The standard InChI is InChI=1S/C35H43N7O4/c1-24-8-7-9-29(25(24)2)31-23-33(46-35(43)38-30-15-14-28(44-5)22-32(30)45-6)39-34(37-31)36-26-10-12-27(13-11-26)42-20-18-41(19-21-42)17-16-40(3)4/h7-15,22-23H,16-21H2,1-6H3,(H,38,43)(H,36,37,39). The van der Waals surface area contributed by atoms with Crippen LogP contribution < -0.4 is 29.7 Å². The summed E-state index contributed by atoms with van der Waals surface area (Å²) in [6, 6.07) is 21.0. The van der Waals surface area contributed by atoms with Gasteiger partial charge in [0.2, 0.25) is 11.8 Å². The Morgan fingerprint density at radius 1 is 0.913 bits per heavy atom. The number of hydrogen-bond donors (Lipinski definition) is 2. The monoisotopic (exact) mass is 625 g/mol. The predicted octanol–water partition coefficient (Wildman–Crippen LogP) is 5.82. The highest BCUT2D eigenvalue weighted by atomic mass is 16.6. The van der Waals surface area contributed by atoms with Crippen LogP contribution in [-0.4, -0.2) is 93.4 Å². The molecule has 0 aliphatic carbocycles. The lowest BCUT2D eigenvalue weighted by Gasteiger charge is -2.36. The Hall–Kier alpha value is -4.87. The lowest BCUT2D eigenvalue weighted by atomic mass is 10.0. The van der Waals surface area contributed by atoms with Crippen molar-refractivity contribution in [1.82, 2.24) is 19.8 Å². The van der Waals surface area contributed by atoms with Crippen molar-refractivity contribution in [2.24, 2.45) is 0 Å². The third kappa shape index (κ3) is 8.23. The zero-order valence-electron chi connectivity index (χ0n) is 27.5. The maximum absolute atomic E-state index is 13.0. The van der Waals surface area contributed by atoms with Gasteiger partial charge in [-0.25, -0.2) is 9.78 Å². The molecule has 1 fully saturated rings. The van der Waals surface area contributed by atoms with E-state index < -0.39 is 6.09 Å². The smallest absolute Gasteiger partial charge is 0.418 e. The second-order valence-corrected chi connectivity index (χ2v) is 11.5. The summed E-state index contributed by atoms with van der Waals surface area (Å²) in [5.41, 5.74) is 6.20. The van der Waals surface area contributed by atoms with Crippen LogP contribution >= 0.6 is 0 Å². The number of hydrogen-bond acceptors (Lipinski definition) is 10. The molecule has 0 bridgehead atoms. The van der Waals surface area contributed by atoms with Crippen molar-refractivity contribution < 1.29 is 19.0 Å². The third-order valence-electron chi connectivity index (χ3n) is 8.15. The molecule has 1 aliphatic rings. The Balaban J connectivity index is 1.33. The quantitative estimate of drug-likeness (QED) is 0.212. The van der Waals surface area contributed by atoms with Crippen LogP contribution in [0.3, 0.4) is 0 Å². The molecule has 0 radical (unpaired) electrons. The molecule has 4 aromatic rings. The van der Waals surface area contributed by atoms with Crippen LogP contribution in [0.1, 0.15) is 11.1 Å². The molecule has 11 nitrogen and oxygen atoms in total. The highest BCUT2D eigenvalue weighted by molar-refractivity contribution is 5.88. The van der Waals surface area contributed by atoms with E-state index in [4.69, 9.17) is 19.2 Å². The van der Waals surface area contributed by atoms with Crippen LogP contribution in [0.5, 0.6) is 17.4 Å². The lowest BCUT2D eigenvalue weighted by Crippen LogP contribution is -2.48. The number of carbonyl (C=O) groups is 1. The number of benzene rings is 3. The average molecular weight is 626 g/mol. The fourth-order valence-electron chi connectivity index (χ4n) is 5.29. The molecule has 46 heavy (non-hydrogen) atoms. The summed E-state index contributed by atoms with van der Waals surface area (Å²) in [6.45, 7) is 10.3. The molecule has 11 heteroatoms. The van der Waals surface area contributed by atoms with Crippen molar-refractivity contribution in [2.75, 3.05) is 83.1 Å². The SMILES string of the molecule is COc1ccc(NC(=O)Oc2cc(-c3cccc(C)c3C)nc(Nc3ccc(N4CCN(CCN(C)C)CC4)cc3)n2)c(OC)c1. The van der Waals surface area contributed by atoms with E-state index >= 15 is 0 Å². The van der Waals surface area contributed by atoms with Gasteiger partial charge in [0.05, 0.1) is 25.6 Å². The molecular formula is C35H43N7O4. The number of rotatable bonds is 11. The summed E-state index contributed by atoms with van der Waals surface area (Å²) in [5, 5.41) is 6.04. The first-order valence-electron chi connectivity index (χ1n) is 15.4. The second kappa shape index (κ2) is 14.9. The number of nitrogens with one attached hydrogen (secondary N) is 2. The first-order valence-corrected chi connectivity index (χ1v) is 15.4. The van der Waals surface area contributed by atoms with Gasteiger partial charge in [-0.05, 0) is 75.5 Å². The Morgan fingerprint density at radius 2 is 1.67 bits per heavy atom. The number of nitrogens with zero attached hydrogens (tertiary/aromatic N) is 5. The Bertz CT molecular complexity index is 1640. The van der Waals surface area contributed by atoms with E-state index in [1.807, 2.05) is 31.2 Å². The van der Waals surface area contributed by atoms with Gasteiger partial charge in [-0.3, -0.25) is 10.2 Å². The molecular weight excluding hydrogens is 582 g/mol. The Morgan fingerprint density at radius 3 is 2.37 bits per heavy atom. The van der Waals surface area contributed by atoms with Gasteiger partial charge in [-0.2, -0.15) is 4.98 Å². The minimum atomic E-state index is -0.716. The number of piperazine rings is 1. The van der Waals surface area contributed by atoms with Crippen molar-refractivity contribution in [3.05, 3.63) is 77.9 Å². The van der Waals surface area contributed by atoms with Crippen LogP contribution in [0.2, 0.25) is 0 Å². The number of aryl methyl sites for hydroxylation is 1. The molecule has 1 saturated heterocycles. The number of amides is 1. The second-order valence-electron chi connectivity index (χ2n) is 11.5. The molecule has 3 aromatic carbocycles. The minimum absolute atomic E-state index is 0.0992. The first-order chi connectivity index (χ1) is 22.2. The fourth-order valence-corrected chi connectivity index (χ4v) is 5.29. The molecule has 1 aliphatic heterocycles. The normalized spacial score (nSPS) is 13.4. The molecule has 0 spiro atoms. The van der Waals surface area contributed by atoms with Crippen molar-refractivity contribution in [3.63, 3.8) is 0 Å². The number of carbonyl (C=O) groups excluding carboxylic acids is 1. The average Bonchev–Trinajstić information content (AvgIpc) is 3.05.